The lowest BCUT2D eigenvalue weighted by molar-refractivity contribution is 0.170. The van der Waals surface area contributed by atoms with Crippen LogP contribution in [0.3, 0.4) is 0 Å². The van der Waals surface area contributed by atoms with Crippen molar-refractivity contribution in [1.82, 2.24) is 4.90 Å². The van der Waals surface area contributed by atoms with Gasteiger partial charge in [-0.25, -0.2) is 0 Å². The van der Waals surface area contributed by atoms with E-state index in [0.717, 1.165) is 18.5 Å². The molecule has 1 saturated carbocycles. The summed E-state index contributed by atoms with van der Waals surface area (Å²) in [5.41, 5.74) is 1.23. The zero-order valence-corrected chi connectivity index (χ0v) is 12.4. The Balaban J connectivity index is 1.60. The maximum atomic E-state index is 3.48. The monoisotopic (exact) mass is 260 g/mol. The maximum absolute atomic E-state index is 3.48. The first-order valence-electron chi connectivity index (χ1n) is 7.75. The third kappa shape index (κ3) is 4.87. The first-order chi connectivity index (χ1) is 9.25. The van der Waals surface area contributed by atoms with E-state index >= 15 is 0 Å². The van der Waals surface area contributed by atoms with Gasteiger partial charge in [-0.05, 0) is 63.7 Å². The summed E-state index contributed by atoms with van der Waals surface area (Å²) in [6, 6.07) is 11.3. The fraction of sp³-hybridized carbons (Fsp3) is 0.647. The molecule has 0 aromatic heterocycles. The van der Waals surface area contributed by atoms with Crippen LogP contribution in [0, 0.1) is 5.92 Å². The van der Waals surface area contributed by atoms with Crippen molar-refractivity contribution in [3.8, 4) is 0 Å². The van der Waals surface area contributed by atoms with Crippen molar-refractivity contribution in [2.75, 3.05) is 25.5 Å². The number of para-hydroxylation sites is 1. The molecular formula is C17H28N2. The molecule has 1 aromatic carbocycles. The minimum Gasteiger partial charge on any atom is -0.385 e. The van der Waals surface area contributed by atoms with Gasteiger partial charge in [-0.1, -0.05) is 25.1 Å². The molecule has 0 aliphatic heterocycles. The largest absolute Gasteiger partial charge is 0.385 e. The summed E-state index contributed by atoms with van der Waals surface area (Å²) in [5, 5.41) is 3.48. The molecule has 1 fully saturated rings. The predicted octanol–water partition coefficient (Wildman–Crippen LogP) is 4.00. The van der Waals surface area contributed by atoms with E-state index in [0.29, 0.717) is 0 Å². The quantitative estimate of drug-likeness (QED) is 0.778. The molecular weight excluding hydrogens is 232 g/mol. The van der Waals surface area contributed by atoms with Gasteiger partial charge in [0.05, 0.1) is 0 Å². The molecule has 1 aliphatic carbocycles. The average molecular weight is 260 g/mol. The summed E-state index contributed by atoms with van der Waals surface area (Å²) in [5.74, 6) is 0.949. The number of anilines is 1. The number of rotatable bonds is 6. The van der Waals surface area contributed by atoms with E-state index in [1.807, 2.05) is 0 Å². The predicted molar refractivity (Wildman–Crippen MR) is 83.6 cm³/mol. The van der Waals surface area contributed by atoms with Crippen LogP contribution >= 0.6 is 0 Å². The standard InChI is InChI=1S/C17H28N2/c1-15-9-11-17(12-10-15)19(2)14-6-13-18-16-7-4-3-5-8-16/h3-5,7-8,15,17-18H,6,9-14H2,1-2H3. The molecule has 0 unspecified atom stereocenters. The van der Waals surface area contributed by atoms with Crippen LogP contribution < -0.4 is 5.32 Å². The van der Waals surface area contributed by atoms with Crippen LogP contribution in [0.2, 0.25) is 0 Å². The number of hydrogen-bond acceptors (Lipinski definition) is 2. The van der Waals surface area contributed by atoms with E-state index < -0.39 is 0 Å². The maximum Gasteiger partial charge on any atom is 0.0340 e. The van der Waals surface area contributed by atoms with Gasteiger partial charge < -0.3 is 10.2 Å². The zero-order valence-electron chi connectivity index (χ0n) is 12.4. The van der Waals surface area contributed by atoms with E-state index in [1.165, 1.54) is 44.3 Å². The average Bonchev–Trinajstić information content (AvgIpc) is 2.45. The molecule has 19 heavy (non-hydrogen) atoms. The van der Waals surface area contributed by atoms with Crippen LogP contribution in [-0.2, 0) is 0 Å². The number of hydrogen-bond donors (Lipinski definition) is 1. The van der Waals surface area contributed by atoms with Gasteiger partial charge in [-0.3, -0.25) is 0 Å². The van der Waals surface area contributed by atoms with Gasteiger partial charge in [0.2, 0.25) is 0 Å². The summed E-state index contributed by atoms with van der Waals surface area (Å²) < 4.78 is 0. The number of nitrogens with zero attached hydrogens (tertiary/aromatic N) is 1. The second-order valence-corrected chi connectivity index (χ2v) is 6.04. The summed E-state index contributed by atoms with van der Waals surface area (Å²) in [6.07, 6.45) is 6.83. The molecule has 0 amide bonds. The van der Waals surface area contributed by atoms with Gasteiger partial charge in [-0.15, -0.1) is 0 Å². The van der Waals surface area contributed by atoms with Gasteiger partial charge in [0.15, 0.2) is 0 Å². The van der Waals surface area contributed by atoms with Gasteiger partial charge in [0, 0.05) is 18.3 Å². The van der Waals surface area contributed by atoms with E-state index in [2.05, 4.69) is 54.5 Å². The summed E-state index contributed by atoms with van der Waals surface area (Å²) in [6.45, 7) is 4.66. The molecule has 0 heterocycles. The van der Waals surface area contributed by atoms with Crippen LogP contribution in [0.25, 0.3) is 0 Å². The molecule has 0 bridgehead atoms. The van der Waals surface area contributed by atoms with Crippen molar-refractivity contribution < 1.29 is 0 Å². The molecule has 2 nitrogen and oxygen atoms in total. The second kappa shape index (κ2) is 7.54. The Hall–Kier alpha value is -1.02. The number of benzene rings is 1. The van der Waals surface area contributed by atoms with Gasteiger partial charge in [0.1, 0.15) is 0 Å². The van der Waals surface area contributed by atoms with E-state index in [9.17, 15) is 0 Å². The van der Waals surface area contributed by atoms with Gasteiger partial charge >= 0.3 is 0 Å². The lowest BCUT2D eigenvalue weighted by Gasteiger charge is -2.33. The van der Waals surface area contributed by atoms with Crippen molar-refractivity contribution in [3.05, 3.63) is 30.3 Å². The third-order valence-electron chi connectivity index (χ3n) is 4.40. The molecule has 2 heteroatoms. The lowest BCUT2D eigenvalue weighted by Crippen LogP contribution is -2.36. The molecule has 1 N–H and O–H groups in total. The lowest BCUT2D eigenvalue weighted by atomic mass is 9.87. The minimum absolute atomic E-state index is 0.827. The topological polar surface area (TPSA) is 15.3 Å². The highest BCUT2D eigenvalue weighted by Gasteiger charge is 2.20. The van der Waals surface area contributed by atoms with Gasteiger partial charge in [-0.2, -0.15) is 0 Å². The Morgan fingerprint density at radius 3 is 2.47 bits per heavy atom. The highest BCUT2D eigenvalue weighted by molar-refractivity contribution is 5.42. The van der Waals surface area contributed by atoms with Crippen LogP contribution in [0.15, 0.2) is 30.3 Å². The highest BCUT2D eigenvalue weighted by Crippen LogP contribution is 2.26. The second-order valence-electron chi connectivity index (χ2n) is 6.04. The van der Waals surface area contributed by atoms with Crippen LogP contribution in [0.4, 0.5) is 5.69 Å². The van der Waals surface area contributed by atoms with Crippen molar-refractivity contribution in [2.45, 2.75) is 45.1 Å². The molecule has 0 radical (unpaired) electrons. The molecule has 1 aliphatic rings. The first kappa shape index (κ1) is 14.4. The molecule has 0 saturated heterocycles. The zero-order chi connectivity index (χ0) is 13.5. The van der Waals surface area contributed by atoms with E-state index in [4.69, 9.17) is 0 Å². The normalized spacial score (nSPS) is 23.5. The van der Waals surface area contributed by atoms with Crippen molar-refractivity contribution >= 4 is 5.69 Å². The summed E-state index contributed by atoms with van der Waals surface area (Å²) in [4.78, 5) is 2.57. The van der Waals surface area contributed by atoms with Gasteiger partial charge in [0.25, 0.3) is 0 Å². The van der Waals surface area contributed by atoms with Crippen LogP contribution in [0.1, 0.15) is 39.0 Å². The van der Waals surface area contributed by atoms with Crippen molar-refractivity contribution in [1.29, 1.82) is 0 Å². The Labute approximate surface area is 118 Å². The van der Waals surface area contributed by atoms with E-state index in [1.54, 1.807) is 0 Å². The van der Waals surface area contributed by atoms with Crippen LogP contribution in [0.5, 0.6) is 0 Å². The fourth-order valence-corrected chi connectivity index (χ4v) is 2.98. The molecule has 2 rings (SSSR count). The summed E-state index contributed by atoms with van der Waals surface area (Å²) in [7, 11) is 2.29. The first-order valence-corrected chi connectivity index (χ1v) is 7.75. The molecule has 0 spiro atoms. The fourth-order valence-electron chi connectivity index (χ4n) is 2.98. The number of nitrogens with one attached hydrogen (secondary N) is 1. The third-order valence-corrected chi connectivity index (χ3v) is 4.40. The molecule has 0 atom stereocenters. The van der Waals surface area contributed by atoms with Crippen LogP contribution in [-0.4, -0.2) is 31.1 Å². The van der Waals surface area contributed by atoms with Crippen molar-refractivity contribution in [2.24, 2.45) is 5.92 Å². The SMILES string of the molecule is CC1CCC(N(C)CCCNc2ccccc2)CC1. The van der Waals surface area contributed by atoms with Crippen molar-refractivity contribution in [3.63, 3.8) is 0 Å². The van der Waals surface area contributed by atoms with E-state index in [-0.39, 0.29) is 0 Å². The highest BCUT2D eigenvalue weighted by atomic mass is 15.1. The smallest absolute Gasteiger partial charge is 0.0340 e. The molecule has 106 valence electrons. The Kier molecular flexibility index (Phi) is 5.71. The molecule has 1 aromatic rings. The Bertz CT molecular complexity index is 342. The summed E-state index contributed by atoms with van der Waals surface area (Å²) >= 11 is 0. The Morgan fingerprint density at radius 2 is 1.79 bits per heavy atom. The Morgan fingerprint density at radius 1 is 1.11 bits per heavy atom. The minimum atomic E-state index is 0.827.